The largest absolute Gasteiger partial charge is 0.311 e. The van der Waals surface area contributed by atoms with Gasteiger partial charge >= 0.3 is 0 Å². The van der Waals surface area contributed by atoms with Crippen molar-refractivity contribution in [2.24, 2.45) is 0 Å². The SMILES string of the molecule is CCCN(C1CC2CCC(C1)N2)C(C)c1ccc(F)cc1. The van der Waals surface area contributed by atoms with Crippen molar-refractivity contribution in [3.05, 3.63) is 35.6 Å². The lowest BCUT2D eigenvalue weighted by Gasteiger charge is -2.41. The minimum Gasteiger partial charge on any atom is -0.311 e. The fourth-order valence-electron chi connectivity index (χ4n) is 4.18. The van der Waals surface area contributed by atoms with Crippen LogP contribution in [-0.4, -0.2) is 29.6 Å². The molecule has 1 aromatic rings. The van der Waals surface area contributed by atoms with Crippen LogP contribution in [0.15, 0.2) is 24.3 Å². The zero-order valence-corrected chi connectivity index (χ0v) is 13.2. The Kier molecular flexibility index (Phi) is 4.60. The van der Waals surface area contributed by atoms with Gasteiger partial charge in [-0.05, 0) is 63.3 Å². The molecule has 2 nitrogen and oxygen atoms in total. The molecule has 2 heterocycles. The van der Waals surface area contributed by atoms with Gasteiger partial charge in [-0.15, -0.1) is 0 Å². The lowest BCUT2D eigenvalue weighted by atomic mass is 9.95. The van der Waals surface area contributed by atoms with Crippen LogP contribution in [0.2, 0.25) is 0 Å². The number of halogens is 1. The van der Waals surface area contributed by atoms with Crippen LogP contribution in [0.5, 0.6) is 0 Å². The minimum atomic E-state index is -0.145. The molecule has 2 aliphatic rings. The molecular weight excluding hydrogens is 263 g/mol. The summed E-state index contributed by atoms with van der Waals surface area (Å²) in [5.74, 6) is -0.145. The molecular formula is C18H27FN2. The number of nitrogens with zero attached hydrogens (tertiary/aromatic N) is 1. The van der Waals surface area contributed by atoms with E-state index in [-0.39, 0.29) is 5.82 Å². The molecule has 3 atom stereocenters. The molecule has 0 radical (unpaired) electrons. The fraction of sp³-hybridized carbons (Fsp3) is 0.667. The van der Waals surface area contributed by atoms with Gasteiger partial charge in [0.15, 0.2) is 0 Å². The Bertz CT molecular complexity index is 447. The van der Waals surface area contributed by atoms with Gasteiger partial charge in [0.25, 0.3) is 0 Å². The molecule has 2 saturated heterocycles. The first kappa shape index (κ1) is 15.0. The zero-order chi connectivity index (χ0) is 14.8. The first-order chi connectivity index (χ1) is 10.2. The van der Waals surface area contributed by atoms with E-state index in [2.05, 4.69) is 24.1 Å². The summed E-state index contributed by atoms with van der Waals surface area (Å²) < 4.78 is 13.1. The number of piperidine rings is 1. The number of fused-ring (bicyclic) bond motifs is 2. The molecule has 0 saturated carbocycles. The van der Waals surface area contributed by atoms with Gasteiger partial charge in [0.1, 0.15) is 5.82 Å². The van der Waals surface area contributed by atoms with Crippen LogP contribution in [0.25, 0.3) is 0 Å². The van der Waals surface area contributed by atoms with Crippen molar-refractivity contribution in [3.63, 3.8) is 0 Å². The molecule has 0 amide bonds. The molecule has 2 bridgehead atoms. The molecule has 1 N–H and O–H groups in total. The molecule has 0 aromatic heterocycles. The van der Waals surface area contributed by atoms with E-state index in [1.165, 1.54) is 37.7 Å². The Morgan fingerprint density at radius 3 is 2.38 bits per heavy atom. The van der Waals surface area contributed by atoms with E-state index in [1.54, 1.807) is 12.1 Å². The highest BCUT2D eigenvalue weighted by molar-refractivity contribution is 5.20. The number of nitrogens with one attached hydrogen (secondary N) is 1. The first-order valence-corrected chi connectivity index (χ1v) is 8.44. The second kappa shape index (κ2) is 6.45. The van der Waals surface area contributed by atoms with Crippen LogP contribution in [0.1, 0.15) is 57.6 Å². The van der Waals surface area contributed by atoms with Crippen LogP contribution in [0.3, 0.4) is 0 Å². The Morgan fingerprint density at radius 1 is 1.19 bits per heavy atom. The highest BCUT2D eigenvalue weighted by Gasteiger charge is 2.37. The second-order valence-electron chi connectivity index (χ2n) is 6.73. The lowest BCUT2D eigenvalue weighted by Crippen LogP contribution is -2.49. The third-order valence-electron chi connectivity index (χ3n) is 5.25. The van der Waals surface area contributed by atoms with E-state index >= 15 is 0 Å². The molecule has 3 rings (SSSR count). The molecule has 1 aromatic carbocycles. The smallest absolute Gasteiger partial charge is 0.123 e. The minimum absolute atomic E-state index is 0.145. The van der Waals surface area contributed by atoms with Crippen LogP contribution in [0.4, 0.5) is 4.39 Å². The lowest BCUT2D eigenvalue weighted by molar-refractivity contribution is 0.101. The van der Waals surface area contributed by atoms with E-state index in [4.69, 9.17) is 0 Å². The van der Waals surface area contributed by atoms with Crippen molar-refractivity contribution < 1.29 is 4.39 Å². The van der Waals surface area contributed by atoms with Crippen molar-refractivity contribution in [2.75, 3.05) is 6.54 Å². The van der Waals surface area contributed by atoms with Gasteiger partial charge in [-0.3, -0.25) is 4.90 Å². The van der Waals surface area contributed by atoms with Crippen molar-refractivity contribution >= 4 is 0 Å². The van der Waals surface area contributed by atoms with E-state index < -0.39 is 0 Å². The summed E-state index contributed by atoms with van der Waals surface area (Å²) >= 11 is 0. The predicted molar refractivity (Wildman–Crippen MR) is 84.8 cm³/mol. The summed E-state index contributed by atoms with van der Waals surface area (Å²) in [4.78, 5) is 2.65. The Balaban J connectivity index is 1.75. The Labute approximate surface area is 127 Å². The second-order valence-corrected chi connectivity index (χ2v) is 6.73. The Morgan fingerprint density at radius 2 is 1.81 bits per heavy atom. The monoisotopic (exact) mass is 290 g/mol. The molecule has 3 heteroatoms. The fourth-order valence-corrected chi connectivity index (χ4v) is 4.18. The van der Waals surface area contributed by atoms with Crippen LogP contribution < -0.4 is 5.32 Å². The standard InChI is InChI=1S/C18H27FN2/c1-3-10-21(13(2)14-4-6-15(19)7-5-14)18-11-16-8-9-17(12-18)20-16/h4-7,13,16-18,20H,3,8-12H2,1-2H3. The summed E-state index contributed by atoms with van der Waals surface area (Å²) in [7, 11) is 0. The summed E-state index contributed by atoms with van der Waals surface area (Å²) in [6.07, 6.45) is 6.38. The molecule has 2 aliphatic heterocycles. The average molecular weight is 290 g/mol. The molecule has 0 spiro atoms. The quantitative estimate of drug-likeness (QED) is 0.885. The maximum absolute atomic E-state index is 13.1. The van der Waals surface area contributed by atoms with Gasteiger partial charge in [-0.2, -0.15) is 0 Å². The maximum Gasteiger partial charge on any atom is 0.123 e. The molecule has 116 valence electrons. The van der Waals surface area contributed by atoms with Crippen LogP contribution >= 0.6 is 0 Å². The van der Waals surface area contributed by atoms with Gasteiger partial charge in [-0.25, -0.2) is 4.39 Å². The summed E-state index contributed by atoms with van der Waals surface area (Å²) in [6, 6.07) is 9.53. The summed E-state index contributed by atoms with van der Waals surface area (Å²) in [5, 5.41) is 3.73. The third-order valence-corrected chi connectivity index (χ3v) is 5.25. The van der Waals surface area contributed by atoms with E-state index in [1.807, 2.05) is 12.1 Å². The van der Waals surface area contributed by atoms with Gasteiger partial charge in [0.2, 0.25) is 0 Å². The van der Waals surface area contributed by atoms with Crippen molar-refractivity contribution in [2.45, 2.75) is 70.1 Å². The van der Waals surface area contributed by atoms with Gasteiger partial charge in [0, 0.05) is 24.2 Å². The van der Waals surface area contributed by atoms with Gasteiger partial charge in [0.05, 0.1) is 0 Å². The van der Waals surface area contributed by atoms with E-state index in [0.29, 0.717) is 24.2 Å². The van der Waals surface area contributed by atoms with Crippen LogP contribution in [0, 0.1) is 5.82 Å². The van der Waals surface area contributed by atoms with E-state index in [9.17, 15) is 4.39 Å². The number of benzene rings is 1. The highest BCUT2D eigenvalue weighted by atomic mass is 19.1. The molecule has 3 unspecified atom stereocenters. The van der Waals surface area contributed by atoms with Crippen LogP contribution in [-0.2, 0) is 0 Å². The summed E-state index contributed by atoms with van der Waals surface area (Å²) in [5.41, 5.74) is 1.23. The predicted octanol–water partition coefficient (Wildman–Crippen LogP) is 3.88. The normalized spacial score (nSPS) is 29.8. The Hall–Kier alpha value is -0.930. The summed E-state index contributed by atoms with van der Waals surface area (Å²) in [6.45, 7) is 5.65. The third kappa shape index (κ3) is 3.29. The first-order valence-electron chi connectivity index (χ1n) is 8.44. The van der Waals surface area contributed by atoms with Crippen molar-refractivity contribution in [3.8, 4) is 0 Å². The molecule has 21 heavy (non-hydrogen) atoms. The number of hydrogen-bond donors (Lipinski definition) is 1. The van der Waals surface area contributed by atoms with E-state index in [0.717, 1.165) is 6.54 Å². The zero-order valence-electron chi connectivity index (χ0n) is 13.2. The number of hydrogen-bond acceptors (Lipinski definition) is 2. The topological polar surface area (TPSA) is 15.3 Å². The van der Waals surface area contributed by atoms with Gasteiger partial charge in [-0.1, -0.05) is 19.1 Å². The molecule has 0 aliphatic carbocycles. The highest BCUT2D eigenvalue weighted by Crippen LogP contribution is 2.34. The van der Waals surface area contributed by atoms with Gasteiger partial charge < -0.3 is 5.32 Å². The maximum atomic E-state index is 13.1. The van der Waals surface area contributed by atoms with Crippen molar-refractivity contribution in [1.29, 1.82) is 0 Å². The molecule has 2 fully saturated rings. The average Bonchev–Trinajstić information content (AvgIpc) is 2.83. The number of rotatable bonds is 5. The van der Waals surface area contributed by atoms with Crippen molar-refractivity contribution in [1.82, 2.24) is 10.2 Å².